The second-order valence-corrected chi connectivity index (χ2v) is 6.29. The highest BCUT2D eigenvalue weighted by Gasteiger charge is 2.23. The molecule has 1 fully saturated rings. The van der Waals surface area contributed by atoms with E-state index in [1.54, 1.807) is 0 Å². The third-order valence-corrected chi connectivity index (χ3v) is 4.52. The van der Waals surface area contributed by atoms with Crippen molar-refractivity contribution in [3.05, 3.63) is 66.2 Å². The van der Waals surface area contributed by atoms with E-state index in [0.29, 0.717) is 13.1 Å². The van der Waals surface area contributed by atoms with Gasteiger partial charge in [0, 0.05) is 36.5 Å². The molecule has 2 aromatic rings. The van der Waals surface area contributed by atoms with Gasteiger partial charge in [-0.15, -0.1) is 0 Å². The maximum Gasteiger partial charge on any atom is 0.245 e. The standard InChI is InChI=1S/C20H20ClNO2/c1-2-20(23)22-13-11-17(12-14-22)24-19-6-4-3-5-18(19)15-7-9-16(21)10-8-15/h2-10,17H,1,11-14H2. The van der Waals surface area contributed by atoms with Crippen LogP contribution in [0.5, 0.6) is 5.75 Å². The van der Waals surface area contributed by atoms with Crippen molar-refractivity contribution in [3.63, 3.8) is 0 Å². The Bertz CT molecular complexity index is 719. The molecular weight excluding hydrogens is 322 g/mol. The number of hydrogen-bond donors (Lipinski definition) is 0. The first-order chi connectivity index (χ1) is 11.7. The number of halogens is 1. The fourth-order valence-corrected chi connectivity index (χ4v) is 3.07. The van der Waals surface area contributed by atoms with Gasteiger partial charge < -0.3 is 9.64 Å². The summed E-state index contributed by atoms with van der Waals surface area (Å²) in [4.78, 5) is 13.5. The number of carbonyl (C=O) groups is 1. The Morgan fingerprint density at radius 3 is 2.46 bits per heavy atom. The van der Waals surface area contributed by atoms with Crippen molar-refractivity contribution in [3.8, 4) is 16.9 Å². The van der Waals surface area contributed by atoms with Crippen molar-refractivity contribution in [2.24, 2.45) is 0 Å². The largest absolute Gasteiger partial charge is 0.490 e. The Labute approximate surface area is 147 Å². The predicted molar refractivity (Wildman–Crippen MR) is 97.3 cm³/mol. The van der Waals surface area contributed by atoms with Crippen molar-refractivity contribution in [2.75, 3.05) is 13.1 Å². The molecule has 2 aromatic carbocycles. The Balaban J connectivity index is 1.71. The van der Waals surface area contributed by atoms with Gasteiger partial charge in [0.15, 0.2) is 0 Å². The van der Waals surface area contributed by atoms with Crippen LogP contribution in [0.2, 0.25) is 5.02 Å². The number of likely N-dealkylation sites (tertiary alicyclic amines) is 1. The summed E-state index contributed by atoms with van der Waals surface area (Å²) < 4.78 is 6.24. The van der Waals surface area contributed by atoms with Crippen molar-refractivity contribution < 1.29 is 9.53 Å². The molecule has 0 saturated carbocycles. The SMILES string of the molecule is C=CC(=O)N1CCC(Oc2ccccc2-c2ccc(Cl)cc2)CC1. The second-order valence-electron chi connectivity index (χ2n) is 5.85. The lowest BCUT2D eigenvalue weighted by molar-refractivity contribution is -0.127. The van der Waals surface area contributed by atoms with Crippen LogP contribution in [0.25, 0.3) is 11.1 Å². The second kappa shape index (κ2) is 7.54. The zero-order chi connectivity index (χ0) is 16.9. The number of rotatable bonds is 4. The molecule has 124 valence electrons. The minimum atomic E-state index is -0.00462. The highest BCUT2D eigenvalue weighted by Crippen LogP contribution is 2.32. The van der Waals surface area contributed by atoms with Gasteiger partial charge in [0.2, 0.25) is 5.91 Å². The monoisotopic (exact) mass is 341 g/mol. The average molecular weight is 342 g/mol. The van der Waals surface area contributed by atoms with E-state index in [1.807, 2.05) is 47.4 Å². The lowest BCUT2D eigenvalue weighted by Gasteiger charge is -2.32. The first-order valence-electron chi connectivity index (χ1n) is 8.10. The summed E-state index contributed by atoms with van der Waals surface area (Å²) in [5.41, 5.74) is 2.13. The van der Waals surface area contributed by atoms with Gasteiger partial charge in [0.05, 0.1) is 0 Å². The molecule has 4 heteroatoms. The number of amides is 1. The van der Waals surface area contributed by atoms with E-state index in [-0.39, 0.29) is 12.0 Å². The first-order valence-corrected chi connectivity index (χ1v) is 8.48. The minimum Gasteiger partial charge on any atom is -0.490 e. The quantitative estimate of drug-likeness (QED) is 0.763. The van der Waals surface area contributed by atoms with Crippen LogP contribution in [0.4, 0.5) is 0 Å². The molecule has 1 amide bonds. The summed E-state index contributed by atoms with van der Waals surface area (Å²) in [5.74, 6) is 0.864. The van der Waals surface area contributed by atoms with Crippen molar-refractivity contribution in [2.45, 2.75) is 18.9 Å². The Kier molecular flexibility index (Phi) is 5.21. The molecule has 1 saturated heterocycles. The molecule has 0 spiro atoms. The van der Waals surface area contributed by atoms with E-state index in [2.05, 4.69) is 12.6 Å². The van der Waals surface area contributed by atoms with Gasteiger partial charge in [-0.05, 0) is 29.8 Å². The van der Waals surface area contributed by atoms with Crippen LogP contribution < -0.4 is 4.74 Å². The predicted octanol–water partition coefficient (Wildman–Crippen LogP) is 4.56. The normalized spacial score (nSPS) is 15.1. The fourth-order valence-electron chi connectivity index (χ4n) is 2.94. The molecule has 1 heterocycles. The highest BCUT2D eigenvalue weighted by molar-refractivity contribution is 6.30. The molecule has 0 aliphatic carbocycles. The van der Waals surface area contributed by atoms with Gasteiger partial charge >= 0.3 is 0 Å². The van der Waals surface area contributed by atoms with Crippen LogP contribution in [0, 0.1) is 0 Å². The molecule has 3 nitrogen and oxygen atoms in total. The van der Waals surface area contributed by atoms with Crippen molar-refractivity contribution >= 4 is 17.5 Å². The van der Waals surface area contributed by atoms with E-state index in [4.69, 9.17) is 16.3 Å². The van der Waals surface area contributed by atoms with Crippen LogP contribution >= 0.6 is 11.6 Å². The van der Waals surface area contributed by atoms with Crippen molar-refractivity contribution in [1.29, 1.82) is 0 Å². The Morgan fingerprint density at radius 1 is 1.12 bits per heavy atom. The smallest absolute Gasteiger partial charge is 0.245 e. The summed E-state index contributed by atoms with van der Waals surface area (Å²) in [5, 5.41) is 0.719. The van der Waals surface area contributed by atoms with Crippen LogP contribution in [-0.2, 0) is 4.79 Å². The van der Waals surface area contributed by atoms with E-state index >= 15 is 0 Å². The van der Waals surface area contributed by atoms with Crippen LogP contribution in [-0.4, -0.2) is 30.0 Å². The molecule has 3 rings (SSSR count). The van der Waals surface area contributed by atoms with Crippen LogP contribution in [0.3, 0.4) is 0 Å². The van der Waals surface area contributed by atoms with Gasteiger partial charge in [-0.2, -0.15) is 0 Å². The molecule has 0 unspecified atom stereocenters. The fraction of sp³-hybridized carbons (Fsp3) is 0.250. The van der Waals surface area contributed by atoms with Gasteiger partial charge in [0.25, 0.3) is 0 Å². The van der Waals surface area contributed by atoms with E-state index < -0.39 is 0 Å². The third-order valence-electron chi connectivity index (χ3n) is 4.26. The van der Waals surface area contributed by atoms with E-state index in [1.165, 1.54) is 6.08 Å². The van der Waals surface area contributed by atoms with Crippen LogP contribution in [0.15, 0.2) is 61.2 Å². The molecule has 1 aliphatic rings. The number of carbonyl (C=O) groups excluding carboxylic acids is 1. The highest BCUT2D eigenvalue weighted by atomic mass is 35.5. The van der Waals surface area contributed by atoms with Gasteiger partial charge in [-0.25, -0.2) is 0 Å². The number of ether oxygens (including phenoxy) is 1. The molecule has 0 atom stereocenters. The molecule has 0 radical (unpaired) electrons. The van der Waals surface area contributed by atoms with Gasteiger partial charge in [-0.3, -0.25) is 4.79 Å². The first kappa shape index (κ1) is 16.6. The Morgan fingerprint density at radius 2 is 1.79 bits per heavy atom. The van der Waals surface area contributed by atoms with Crippen molar-refractivity contribution in [1.82, 2.24) is 4.90 Å². The summed E-state index contributed by atoms with van der Waals surface area (Å²) in [6.07, 6.45) is 3.15. The summed E-state index contributed by atoms with van der Waals surface area (Å²) in [6, 6.07) is 15.8. The lowest BCUT2D eigenvalue weighted by atomic mass is 10.0. The zero-order valence-corrected chi connectivity index (χ0v) is 14.2. The number of benzene rings is 2. The zero-order valence-electron chi connectivity index (χ0n) is 13.5. The van der Waals surface area contributed by atoms with Gasteiger partial charge in [-0.1, -0.05) is 48.5 Å². The molecule has 0 bridgehead atoms. The topological polar surface area (TPSA) is 29.5 Å². The lowest BCUT2D eigenvalue weighted by Crippen LogP contribution is -2.41. The molecular formula is C20H20ClNO2. The Hall–Kier alpha value is -2.26. The number of nitrogens with zero attached hydrogens (tertiary/aromatic N) is 1. The summed E-state index contributed by atoms with van der Waals surface area (Å²) >= 11 is 5.98. The van der Waals surface area contributed by atoms with E-state index in [0.717, 1.165) is 34.7 Å². The van der Waals surface area contributed by atoms with E-state index in [9.17, 15) is 4.79 Å². The van der Waals surface area contributed by atoms with Crippen LogP contribution in [0.1, 0.15) is 12.8 Å². The molecule has 1 aliphatic heterocycles. The van der Waals surface area contributed by atoms with Gasteiger partial charge in [0.1, 0.15) is 11.9 Å². The molecule has 0 aromatic heterocycles. The summed E-state index contributed by atoms with van der Waals surface area (Å²) in [7, 11) is 0. The summed E-state index contributed by atoms with van der Waals surface area (Å²) in [6.45, 7) is 4.96. The average Bonchev–Trinajstić information content (AvgIpc) is 2.63. The number of piperidine rings is 1. The number of hydrogen-bond acceptors (Lipinski definition) is 2. The molecule has 0 N–H and O–H groups in total. The third kappa shape index (κ3) is 3.80. The number of para-hydroxylation sites is 1. The maximum atomic E-state index is 11.7. The maximum absolute atomic E-state index is 11.7. The molecule has 24 heavy (non-hydrogen) atoms. The minimum absolute atomic E-state index is 0.00462.